The highest BCUT2D eigenvalue weighted by Crippen LogP contribution is 2.32. The molecule has 0 saturated heterocycles. The zero-order valence-electron chi connectivity index (χ0n) is 15.9. The lowest BCUT2D eigenvalue weighted by Gasteiger charge is -2.36. The molecule has 0 atom stereocenters. The van der Waals surface area contributed by atoms with E-state index in [-0.39, 0.29) is 18.5 Å². The molecule has 28 heavy (non-hydrogen) atoms. The van der Waals surface area contributed by atoms with E-state index in [0.29, 0.717) is 23.0 Å². The van der Waals surface area contributed by atoms with Crippen LogP contribution in [0.4, 0.5) is 11.5 Å². The van der Waals surface area contributed by atoms with E-state index >= 15 is 0 Å². The van der Waals surface area contributed by atoms with Crippen LogP contribution in [0.25, 0.3) is 17.3 Å². The van der Waals surface area contributed by atoms with Crippen LogP contribution in [-0.2, 0) is 4.79 Å². The van der Waals surface area contributed by atoms with Crippen molar-refractivity contribution in [3.63, 3.8) is 0 Å². The van der Waals surface area contributed by atoms with Crippen molar-refractivity contribution in [3.8, 4) is 23.4 Å². The van der Waals surface area contributed by atoms with Crippen molar-refractivity contribution in [2.75, 3.05) is 23.4 Å². The highest BCUT2D eigenvalue weighted by Gasteiger charge is 2.30. The van der Waals surface area contributed by atoms with Crippen LogP contribution in [-0.4, -0.2) is 45.1 Å². The summed E-state index contributed by atoms with van der Waals surface area (Å²) < 4.78 is 1.80. The summed E-state index contributed by atoms with van der Waals surface area (Å²) in [6.45, 7) is 4.34. The fraction of sp³-hybridized carbons (Fsp3) is 0.250. The maximum atomic E-state index is 12.3. The van der Waals surface area contributed by atoms with Crippen molar-refractivity contribution in [3.05, 3.63) is 48.4 Å². The molecule has 3 aromatic rings. The van der Waals surface area contributed by atoms with Crippen molar-refractivity contribution in [2.24, 2.45) is 0 Å². The number of nitrogens with zero attached hydrogens (tertiary/aromatic N) is 7. The first-order valence-corrected chi connectivity index (χ1v) is 8.94. The number of fused-ring (bicyclic) bond motifs is 1. The van der Waals surface area contributed by atoms with Gasteiger partial charge in [-0.05, 0) is 38.1 Å². The number of carbonyl (C=O) groups excluding carboxylic acids is 1. The number of amides is 1. The zero-order chi connectivity index (χ0) is 19.8. The van der Waals surface area contributed by atoms with Crippen LogP contribution in [0.3, 0.4) is 0 Å². The predicted molar refractivity (Wildman–Crippen MR) is 105 cm³/mol. The Labute approximate surface area is 162 Å². The smallest absolute Gasteiger partial charge is 0.246 e. The summed E-state index contributed by atoms with van der Waals surface area (Å²) in [5.74, 6) is 1.89. The molecule has 4 rings (SSSR count). The summed E-state index contributed by atoms with van der Waals surface area (Å²) in [7, 11) is 1.74. The van der Waals surface area contributed by atoms with Crippen LogP contribution in [0.1, 0.15) is 19.4 Å². The van der Waals surface area contributed by atoms with Gasteiger partial charge in [-0.15, -0.1) is 0 Å². The first-order valence-electron chi connectivity index (χ1n) is 8.94. The molecule has 0 aliphatic carbocycles. The maximum absolute atomic E-state index is 12.3. The summed E-state index contributed by atoms with van der Waals surface area (Å²) in [6.07, 6.45) is 5.16. The van der Waals surface area contributed by atoms with Gasteiger partial charge in [0.05, 0.1) is 24.4 Å². The van der Waals surface area contributed by atoms with Crippen LogP contribution >= 0.6 is 0 Å². The minimum absolute atomic E-state index is 0.0125. The van der Waals surface area contributed by atoms with Crippen LogP contribution in [0.15, 0.2) is 42.9 Å². The third-order valence-corrected chi connectivity index (χ3v) is 4.80. The maximum Gasteiger partial charge on any atom is 0.246 e. The molecule has 2 aromatic heterocycles. The Morgan fingerprint density at radius 3 is 2.61 bits per heavy atom. The molecule has 0 bridgehead atoms. The van der Waals surface area contributed by atoms with Crippen molar-refractivity contribution in [1.29, 1.82) is 5.26 Å². The van der Waals surface area contributed by atoms with E-state index in [1.165, 1.54) is 0 Å². The SMILES string of the molecule is CC(C)N1CC(=O)N(C)c2cnc(-n3ccnc3-c3ccc(C#N)cc3)nc21. The molecule has 0 N–H and O–H groups in total. The first kappa shape index (κ1) is 17.7. The molecule has 140 valence electrons. The van der Waals surface area contributed by atoms with Crippen molar-refractivity contribution < 1.29 is 4.79 Å². The molecular weight excluding hydrogens is 354 g/mol. The van der Waals surface area contributed by atoms with E-state index in [1.807, 2.05) is 30.9 Å². The van der Waals surface area contributed by atoms with Gasteiger partial charge in [0, 0.05) is 31.0 Å². The van der Waals surface area contributed by atoms with Crippen molar-refractivity contribution in [2.45, 2.75) is 19.9 Å². The number of carbonyl (C=O) groups is 1. The van der Waals surface area contributed by atoms with Gasteiger partial charge in [0.2, 0.25) is 11.9 Å². The van der Waals surface area contributed by atoms with Gasteiger partial charge in [-0.3, -0.25) is 9.36 Å². The van der Waals surface area contributed by atoms with E-state index in [9.17, 15) is 4.79 Å². The highest BCUT2D eigenvalue weighted by atomic mass is 16.2. The van der Waals surface area contributed by atoms with Crippen LogP contribution < -0.4 is 9.80 Å². The number of nitriles is 1. The molecule has 0 fully saturated rings. The largest absolute Gasteiger partial charge is 0.343 e. The number of imidazole rings is 1. The van der Waals surface area contributed by atoms with Gasteiger partial charge in [-0.25, -0.2) is 9.97 Å². The van der Waals surface area contributed by atoms with Gasteiger partial charge >= 0.3 is 0 Å². The molecule has 0 unspecified atom stereocenters. The summed E-state index contributed by atoms with van der Waals surface area (Å²) in [5.41, 5.74) is 2.14. The lowest BCUT2D eigenvalue weighted by Crippen LogP contribution is -2.47. The van der Waals surface area contributed by atoms with E-state index < -0.39 is 0 Å². The minimum atomic E-state index is 0.0125. The monoisotopic (exact) mass is 373 g/mol. The average Bonchev–Trinajstić information content (AvgIpc) is 3.20. The summed E-state index contributed by atoms with van der Waals surface area (Å²) >= 11 is 0. The van der Waals surface area contributed by atoms with Crippen LogP contribution in [0.2, 0.25) is 0 Å². The molecule has 1 aliphatic heterocycles. The van der Waals surface area contributed by atoms with Gasteiger partial charge in [-0.1, -0.05) is 0 Å². The summed E-state index contributed by atoms with van der Waals surface area (Å²) in [6, 6.07) is 9.44. The standard InChI is InChI=1S/C20H19N7O/c1-13(2)27-12-17(28)25(3)16-11-23-20(24-19(16)27)26-9-8-22-18(26)15-6-4-14(10-21)5-7-15/h4-9,11,13H,12H2,1-3H3. The van der Waals surface area contributed by atoms with E-state index in [4.69, 9.17) is 10.2 Å². The third-order valence-electron chi connectivity index (χ3n) is 4.80. The van der Waals surface area contributed by atoms with Crippen molar-refractivity contribution in [1.82, 2.24) is 19.5 Å². The molecule has 3 heterocycles. The highest BCUT2D eigenvalue weighted by molar-refractivity contribution is 6.01. The Bertz CT molecular complexity index is 1080. The van der Waals surface area contributed by atoms with Crippen LogP contribution in [0, 0.1) is 11.3 Å². The molecule has 1 aromatic carbocycles. The molecule has 0 spiro atoms. The predicted octanol–water partition coefficient (Wildman–Crippen LogP) is 2.39. The van der Waals surface area contributed by atoms with Gasteiger partial charge in [0.25, 0.3) is 0 Å². The first-order chi connectivity index (χ1) is 13.5. The van der Waals surface area contributed by atoms with Gasteiger partial charge in [0.15, 0.2) is 5.82 Å². The Morgan fingerprint density at radius 2 is 1.93 bits per heavy atom. The topological polar surface area (TPSA) is 90.9 Å². The Balaban J connectivity index is 1.80. The average molecular weight is 373 g/mol. The molecule has 1 aliphatic rings. The number of aromatic nitrogens is 4. The van der Waals surface area contributed by atoms with E-state index in [1.54, 1.807) is 47.2 Å². The Kier molecular flexibility index (Phi) is 4.28. The summed E-state index contributed by atoms with van der Waals surface area (Å²) in [5, 5.41) is 8.99. The molecule has 1 amide bonds. The number of hydrogen-bond acceptors (Lipinski definition) is 6. The molecule has 8 heteroatoms. The fourth-order valence-electron chi connectivity index (χ4n) is 3.18. The van der Waals surface area contributed by atoms with Gasteiger partial charge < -0.3 is 9.80 Å². The number of rotatable bonds is 3. The molecule has 0 radical (unpaired) electrons. The normalized spacial score (nSPS) is 13.6. The molecule has 8 nitrogen and oxygen atoms in total. The second kappa shape index (κ2) is 6.78. The zero-order valence-corrected chi connectivity index (χ0v) is 15.9. The number of benzene rings is 1. The molecular formula is C20H19N7O. The minimum Gasteiger partial charge on any atom is -0.343 e. The lowest BCUT2D eigenvalue weighted by molar-refractivity contribution is -0.117. The van der Waals surface area contributed by atoms with Crippen LogP contribution in [0.5, 0.6) is 0 Å². The Morgan fingerprint density at radius 1 is 1.18 bits per heavy atom. The number of hydrogen-bond donors (Lipinski definition) is 0. The van der Waals surface area contributed by atoms with Gasteiger partial charge in [0.1, 0.15) is 11.5 Å². The summed E-state index contributed by atoms with van der Waals surface area (Å²) in [4.78, 5) is 29.5. The molecule has 0 saturated carbocycles. The van der Waals surface area contributed by atoms with Crippen molar-refractivity contribution >= 4 is 17.4 Å². The quantitative estimate of drug-likeness (QED) is 0.700. The van der Waals surface area contributed by atoms with E-state index in [0.717, 1.165) is 11.4 Å². The second-order valence-corrected chi connectivity index (χ2v) is 6.86. The third kappa shape index (κ3) is 2.87. The lowest BCUT2D eigenvalue weighted by atomic mass is 10.1. The number of anilines is 2. The van der Waals surface area contributed by atoms with E-state index in [2.05, 4.69) is 16.0 Å². The van der Waals surface area contributed by atoms with Gasteiger partial charge in [-0.2, -0.15) is 10.2 Å². The second-order valence-electron chi connectivity index (χ2n) is 6.86. The Hall–Kier alpha value is -3.73. The number of likely N-dealkylation sites (N-methyl/N-ethyl adjacent to an activating group) is 1. The fourth-order valence-corrected chi connectivity index (χ4v) is 3.18.